The van der Waals surface area contributed by atoms with Gasteiger partial charge < -0.3 is 5.73 Å². The number of rotatable bonds is 1. The molecule has 0 aromatic heterocycles. The summed E-state index contributed by atoms with van der Waals surface area (Å²) >= 11 is 1.82. The van der Waals surface area contributed by atoms with Gasteiger partial charge in [0.25, 0.3) is 0 Å². The highest BCUT2D eigenvalue weighted by molar-refractivity contribution is 8.00. The zero-order valence-electron chi connectivity index (χ0n) is 7.26. The maximum absolute atomic E-state index is 10.4. The summed E-state index contributed by atoms with van der Waals surface area (Å²) in [4.78, 5) is 10.4. The molecule has 0 aromatic rings. The molecule has 3 N–H and O–H groups in total. The summed E-state index contributed by atoms with van der Waals surface area (Å²) in [6.45, 7) is 4.21. The third kappa shape index (κ3) is 2.14. The van der Waals surface area contributed by atoms with Crippen molar-refractivity contribution in [2.75, 3.05) is 11.5 Å². The van der Waals surface area contributed by atoms with Crippen LogP contribution in [0.25, 0.3) is 0 Å². The number of thioether (sulfide) groups is 1. The van der Waals surface area contributed by atoms with Crippen LogP contribution >= 0.6 is 11.8 Å². The lowest BCUT2D eigenvalue weighted by molar-refractivity contribution is 0.249. The minimum atomic E-state index is -0.602. The van der Waals surface area contributed by atoms with Crippen LogP contribution in [-0.2, 0) is 0 Å². The minimum absolute atomic E-state index is 0.0904. The zero-order chi connectivity index (χ0) is 9.19. The fourth-order valence-corrected chi connectivity index (χ4v) is 2.42. The molecule has 0 spiro atoms. The van der Waals surface area contributed by atoms with Crippen molar-refractivity contribution in [1.82, 2.24) is 5.43 Å². The van der Waals surface area contributed by atoms with E-state index in [0.717, 1.165) is 17.2 Å². The van der Waals surface area contributed by atoms with Crippen LogP contribution in [0.4, 0.5) is 4.79 Å². The molecule has 12 heavy (non-hydrogen) atoms. The van der Waals surface area contributed by atoms with Gasteiger partial charge >= 0.3 is 6.03 Å². The first-order chi connectivity index (χ1) is 5.52. The predicted octanol–water partition coefficient (Wildman–Crippen LogP) is 0.784. The zero-order valence-corrected chi connectivity index (χ0v) is 8.07. The van der Waals surface area contributed by atoms with Crippen molar-refractivity contribution in [3.05, 3.63) is 0 Å². The van der Waals surface area contributed by atoms with E-state index in [2.05, 4.69) is 24.4 Å². The molecule has 0 aromatic carbocycles. The second kappa shape index (κ2) is 3.35. The molecule has 0 unspecified atom stereocenters. The fourth-order valence-electron chi connectivity index (χ4n) is 0.988. The molecule has 1 aliphatic rings. The summed E-state index contributed by atoms with van der Waals surface area (Å²) in [5, 5.41) is 3.95. The van der Waals surface area contributed by atoms with Crippen molar-refractivity contribution in [2.45, 2.75) is 13.8 Å². The van der Waals surface area contributed by atoms with Crippen molar-refractivity contribution < 1.29 is 4.79 Å². The number of primary amides is 1. The molecule has 0 bridgehead atoms. The second-order valence-corrected chi connectivity index (χ2v) is 4.40. The van der Waals surface area contributed by atoms with Gasteiger partial charge in [-0.05, 0) is 0 Å². The number of hydrogen-bond acceptors (Lipinski definition) is 3. The lowest BCUT2D eigenvalue weighted by Gasteiger charge is -2.16. The van der Waals surface area contributed by atoms with Gasteiger partial charge in [-0.1, -0.05) is 13.8 Å². The molecule has 5 heteroatoms. The molecule has 0 atom stereocenters. The first-order valence-electron chi connectivity index (χ1n) is 3.72. The molecule has 68 valence electrons. The van der Waals surface area contributed by atoms with Gasteiger partial charge in [-0.2, -0.15) is 16.9 Å². The van der Waals surface area contributed by atoms with E-state index in [0.29, 0.717) is 0 Å². The van der Waals surface area contributed by atoms with E-state index in [1.165, 1.54) is 0 Å². The SMILES string of the molecule is CC1(C)CSC/C1=N\NC(N)=O. The van der Waals surface area contributed by atoms with Crippen LogP contribution in [0.5, 0.6) is 0 Å². The first-order valence-corrected chi connectivity index (χ1v) is 4.88. The van der Waals surface area contributed by atoms with E-state index in [9.17, 15) is 4.79 Å². The summed E-state index contributed by atoms with van der Waals surface area (Å²) in [5.74, 6) is 1.93. The monoisotopic (exact) mass is 187 g/mol. The van der Waals surface area contributed by atoms with Crippen LogP contribution in [-0.4, -0.2) is 23.2 Å². The number of nitrogens with zero attached hydrogens (tertiary/aromatic N) is 1. The fraction of sp³-hybridized carbons (Fsp3) is 0.714. The third-order valence-electron chi connectivity index (χ3n) is 1.78. The lowest BCUT2D eigenvalue weighted by atomic mass is 9.91. The van der Waals surface area contributed by atoms with E-state index >= 15 is 0 Å². The third-order valence-corrected chi connectivity index (χ3v) is 3.19. The topological polar surface area (TPSA) is 67.5 Å². The maximum atomic E-state index is 10.4. The summed E-state index contributed by atoms with van der Waals surface area (Å²) in [7, 11) is 0. The van der Waals surface area contributed by atoms with Gasteiger partial charge in [-0.3, -0.25) is 0 Å². The Morgan fingerprint density at radius 2 is 2.42 bits per heavy atom. The Morgan fingerprint density at radius 1 is 1.75 bits per heavy atom. The lowest BCUT2D eigenvalue weighted by Crippen LogP contribution is -2.30. The number of hydrogen-bond donors (Lipinski definition) is 2. The van der Waals surface area contributed by atoms with Crippen molar-refractivity contribution in [2.24, 2.45) is 16.3 Å². The standard InChI is InChI=1S/C7H13N3OS/c1-7(2)4-12-3-5(7)9-10-6(8)11/h3-4H2,1-2H3,(H3,8,10,11)/b9-5+. The van der Waals surface area contributed by atoms with Crippen molar-refractivity contribution in [1.29, 1.82) is 0 Å². The van der Waals surface area contributed by atoms with E-state index in [-0.39, 0.29) is 5.41 Å². The minimum Gasteiger partial charge on any atom is -0.350 e. The molecule has 2 amide bonds. The number of amides is 2. The molecule has 1 rings (SSSR count). The van der Waals surface area contributed by atoms with Crippen molar-refractivity contribution in [3.8, 4) is 0 Å². The second-order valence-electron chi connectivity index (χ2n) is 3.41. The summed E-state index contributed by atoms with van der Waals surface area (Å²) in [5.41, 5.74) is 8.25. The first kappa shape index (κ1) is 9.38. The molecule has 1 saturated heterocycles. The van der Waals surface area contributed by atoms with Crippen LogP contribution in [0.3, 0.4) is 0 Å². The Bertz CT molecular complexity index is 225. The number of nitrogens with one attached hydrogen (secondary N) is 1. The van der Waals surface area contributed by atoms with E-state index in [1.807, 2.05) is 11.8 Å². The quantitative estimate of drug-likeness (QED) is 0.596. The Labute approximate surface area is 76.0 Å². The van der Waals surface area contributed by atoms with E-state index < -0.39 is 6.03 Å². The molecule has 1 fully saturated rings. The molecule has 4 nitrogen and oxygen atoms in total. The highest BCUT2D eigenvalue weighted by Crippen LogP contribution is 2.32. The van der Waals surface area contributed by atoms with Crippen LogP contribution in [0.15, 0.2) is 5.10 Å². The normalized spacial score (nSPS) is 24.3. The van der Waals surface area contributed by atoms with Crippen molar-refractivity contribution >= 4 is 23.5 Å². The van der Waals surface area contributed by atoms with Gasteiger partial charge in [0.1, 0.15) is 0 Å². The molecule has 1 heterocycles. The Hall–Kier alpha value is -0.710. The summed E-state index contributed by atoms with van der Waals surface area (Å²) in [6.07, 6.45) is 0. The molecule has 0 saturated carbocycles. The van der Waals surface area contributed by atoms with E-state index in [1.54, 1.807) is 0 Å². The van der Waals surface area contributed by atoms with Crippen molar-refractivity contribution in [3.63, 3.8) is 0 Å². The number of nitrogens with two attached hydrogens (primary N) is 1. The molecular weight excluding hydrogens is 174 g/mol. The van der Waals surface area contributed by atoms with Gasteiger partial charge in [-0.15, -0.1) is 0 Å². The average molecular weight is 187 g/mol. The highest BCUT2D eigenvalue weighted by Gasteiger charge is 2.31. The maximum Gasteiger partial charge on any atom is 0.332 e. The highest BCUT2D eigenvalue weighted by atomic mass is 32.2. The van der Waals surface area contributed by atoms with Gasteiger partial charge in [0, 0.05) is 16.9 Å². The Kier molecular flexibility index (Phi) is 2.62. The molecule has 0 aliphatic carbocycles. The van der Waals surface area contributed by atoms with E-state index in [4.69, 9.17) is 5.73 Å². The van der Waals surface area contributed by atoms with Crippen LogP contribution in [0, 0.1) is 5.41 Å². The van der Waals surface area contributed by atoms with Crippen LogP contribution < -0.4 is 11.2 Å². The van der Waals surface area contributed by atoms with Crippen LogP contribution in [0.2, 0.25) is 0 Å². The smallest absolute Gasteiger partial charge is 0.332 e. The Balaban J connectivity index is 2.62. The van der Waals surface area contributed by atoms with Gasteiger partial charge in [0.05, 0.1) is 5.71 Å². The number of carbonyl (C=O) groups is 1. The average Bonchev–Trinajstić information content (AvgIpc) is 2.25. The van der Waals surface area contributed by atoms with Gasteiger partial charge in [0.15, 0.2) is 0 Å². The molecule has 1 aliphatic heterocycles. The number of carbonyl (C=O) groups excluding carboxylic acids is 1. The van der Waals surface area contributed by atoms with Gasteiger partial charge in [0.2, 0.25) is 0 Å². The number of hydrazone groups is 1. The summed E-state index contributed by atoms with van der Waals surface area (Å²) in [6, 6.07) is -0.602. The Morgan fingerprint density at radius 3 is 2.83 bits per heavy atom. The molecule has 0 radical (unpaired) electrons. The van der Waals surface area contributed by atoms with Crippen LogP contribution in [0.1, 0.15) is 13.8 Å². The van der Waals surface area contributed by atoms with Gasteiger partial charge in [-0.25, -0.2) is 10.2 Å². The molecular formula is C7H13N3OS. The largest absolute Gasteiger partial charge is 0.350 e. The predicted molar refractivity (Wildman–Crippen MR) is 51.3 cm³/mol. The number of urea groups is 1. The summed E-state index contributed by atoms with van der Waals surface area (Å²) < 4.78 is 0.